The molecule has 0 unspecified atom stereocenters. The minimum atomic E-state index is -1.24. The number of hydrogen-bond acceptors (Lipinski definition) is 10. The Labute approximate surface area is 159 Å². The second-order valence-corrected chi connectivity index (χ2v) is 7.20. The largest absolute Gasteiger partial charge is 0.480 e. The molecule has 11 nitrogen and oxygen atoms in total. The van der Waals surface area contributed by atoms with Gasteiger partial charge in [0, 0.05) is 6.54 Å². The molecule has 0 radical (unpaired) electrons. The molecule has 0 bridgehead atoms. The van der Waals surface area contributed by atoms with Crippen LogP contribution in [-0.4, -0.2) is 83.7 Å². The van der Waals surface area contributed by atoms with Crippen LogP contribution >= 0.6 is 11.8 Å². The third-order valence-corrected chi connectivity index (χ3v) is 5.12. The number of carboxylic acids is 1. The van der Waals surface area contributed by atoms with Crippen molar-refractivity contribution >= 4 is 34.7 Å². The number of fused-ring (bicyclic) bond motifs is 1. The molecule has 2 aromatic heterocycles. The molecular formula is C15H22N6O5S. The number of nitrogens with two attached hydrogens (primary N) is 1. The molecule has 0 saturated carbocycles. The predicted octanol–water partition coefficient (Wildman–Crippen LogP) is -1.18. The van der Waals surface area contributed by atoms with Crippen molar-refractivity contribution in [3.8, 4) is 0 Å². The Balaban J connectivity index is 1.71. The van der Waals surface area contributed by atoms with E-state index in [4.69, 9.17) is 10.5 Å². The maximum Gasteiger partial charge on any atom is 0.320 e. The average molecular weight is 398 g/mol. The van der Waals surface area contributed by atoms with Gasteiger partial charge < -0.3 is 31.1 Å². The Morgan fingerprint density at radius 1 is 1.41 bits per heavy atom. The molecule has 0 aliphatic carbocycles. The number of nitrogens with one attached hydrogen (secondary N) is 1. The van der Waals surface area contributed by atoms with Gasteiger partial charge in [-0.15, -0.1) is 0 Å². The predicted molar refractivity (Wildman–Crippen MR) is 98.1 cm³/mol. The number of hydrogen-bond donors (Lipinski definition) is 5. The SMILES string of the molecule is CSCC[C@H](NC[C@H]1O[C@@H](n2cnc3c(N)ncnc32)[C@H](O)[C@@H]1O)C(=O)O. The lowest BCUT2D eigenvalue weighted by Gasteiger charge is -2.19. The van der Waals surface area contributed by atoms with Crippen LogP contribution in [0.5, 0.6) is 0 Å². The van der Waals surface area contributed by atoms with Crippen molar-refractivity contribution in [3.63, 3.8) is 0 Å². The van der Waals surface area contributed by atoms with E-state index in [0.29, 0.717) is 23.3 Å². The van der Waals surface area contributed by atoms with Crippen molar-refractivity contribution in [2.24, 2.45) is 0 Å². The van der Waals surface area contributed by atoms with E-state index in [0.717, 1.165) is 0 Å². The van der Waals surface area contributed by atoms with Crippen molar-refractivity contribution < 1.29 is 24.9 Å². The maximum atomic E-state index is 11.3. The quantitative estimate of drug-likeness (QED) is 0.363. The van der Waals surface area contributed by atoms with Crippen LogP contribution in [0.2, 0.25) is 0 Å². The zero-order valence-electron chi connectivity index (χ0n) is 14.6. The van der Waals surface area contributed by atoms with Crippen molar-refractivity contribution in [2.45, 2.75) is 37.0 Å². The molecule has 1 aliphatic rings. The topological polar surface area (TPSA) is 169 Å². The van der Waals surface area contributed by atoms with Gasteiger partial charge in [0.15, 0.2) is 17.7 Å². The summed E-state index contributed by atoms with van der Waals surface area (Å²) >= 11 is 1.55. The van der Waals surface area contributed by atoms with E-state index in [1.54, 1.807) is 11.8 Å². The molecule has 1 saturated heterocycles. The molecule has 0 aromatic carbocycles. The minimum Gasteiger partial charge on any atom is -0.480 e. The van der Waals surface area contributed by atoms with E-state index in [9.17, 15) is 20.1 Å². The van der Waals surface area contributed by atoms with Crippen LogP contribution in [0.4, 0.5) is 5.82 Å². The number of aliphatic hydroxyl groups excluding tert-OH is 2. The second-order valence-electron chi connectivity index (χ2n) is 6.21. The highest BCUT2D eigenvalue weighted by molar-refractivity contribution is 7.98. The summed E-state index contributed by atoms with van der Waals surface area (Å²) in [6.07, 6.45) is 0.858. The molecule has 2 aromatic rings. The molecular weight excluding hydrogens is 376 g/mol. The number of aliphatic hydroxyl groups is 2. The Morgan fingerprint density at radius 3 is 2.89 bits per heavy atom. The summed E-state index contributed by atoms with van der Waals surface area (Å²) in [5.74, 6) is -0.0876. The fourth-order valence-electron chi connectivity index (χ4n) is 2.99. The number of rotatable bonds is 8. The lowest BCUT2D eigenvalue weighted by atomic mass is 10.1. The monoisotopic (exact) mass is 398 g/mol. The fraction of sp³-hybridized carbons (Fsp3) is 0.600. The van der Waals surface area contributed by atoms with Crippen LogP contribution < -0.4 is 11.1 Å². The van der Waals surface area contributed by atoms with E-state index in [1.165, 1.54) is 17.2 Å². The summed E-state index contributed by atoms with van der Waals surface area (Å²) in [4.78, 5) is 23.4. The number of ether oxygens (including phenoxy) is 1. The number of anilines is 1. The molecule has 5 atom stereocenters. The Kier molecular flexibility index (Phi) is 6.11. The summed E-state index contributed by atoms with van der Waals surface area (Å²) in [6.45, 7) is 0.0732. The van der Waals surface area contributed by atoms with Crippen molar-refractivity contribution in [1.29, 1.82) is 0 Å². The Bertz CT molecular complexity index is 804. The van der Waals surface area contributed by atoms with Gasteiger partial charge in [0.2, 0.25) is 0 Å². The number of aromatic nitrogens is 4. The summed E-state index contributed by atoms with van der Waals surface area (Å²) in [7, 11) is 0. The smallest absolute Gasteiger partial charge is 0.320 e. The number of imidazole rings is 1. The second kappa shape index (κ2) is 8.35. The maximum absolute atomic E-state index is 11.3. The van der Waals surface area contributed by atoms with Gasteiger partial charge in [-0.3, -0.25) is 9.36 Å². The number of thioether (sulfide) groups is 1. The van der Waals surface area contributed by atoms with Gasteiger partial charge >= 0.3 is 5.97 Å². The highest BCUT2D eigenvalue weighted by atomic mass is 32.2. The molecule has 0 amide bonds. The first kappa shape index (κ1) is 19.8. The van der Waals surface area contributed by atoms with E-state index < -0.39 is 36.6 Å². The van der Waals surface area contributed by atoms with Gasteiger partial charge in [0.1, 0.15) is 36.2 Å². The van der Waals surface area contributed by atoms with Crippen LogP contribution in [0.1, 0.15) is 12.6 Å². The first-order valence-electron chi connectivity index (χ1n) is 8.33. The molecule has 0 spiro atoms. The summed E-state index contributed by atoms with van der Waals surface area (Å²) in [6, 6.07) is -0.758. The minimum absolute atomic E-state index is 0.0732. The van der Waals surface area contributed by atoms with Gasteiger partial charge in [-0.2, -0.15) is 11.8 Å². The van der Waals surface area contributed by atoms with E-state index in [1.807, 2.05) is 6.26 Å². The Hall–Kier alpha value is -1.99. The van der Waals surface area contributed by atoms with Crippen molar-refractivity contribution in [2.75, 3.05) is 24.3 Å². The van der Waals surface area contributed by atoms with Crippen LogP contribution in [0.15, 0.2) is 12.7 Å². The average Bonchev–Trinajstić information content (AvgIpc) is 3.18. The highest BCUT2D eigenvalue weighted by Gasteiger charge is 2.44. The van der Waals surface area contributed by atoms with Crippen LogP contribution in [-0.2, 0) is 9.53 Å². The molecule has 6 N–H and O–H groups in total. The molecule has 12 heteroatoms. The normalized spacial score (nSPS) is 26.5. The van der Waals surface area contributed by atoms with Crippen LogP contribution in [0.3, 0.4) is 0 Å². The molecule has 1 fully saturated rings. The third-order valence-electron chi connectivity index (χ3n) is 4.47. The number of nitrogen functional groups attached to an aromatic ring is 1. The van der Waals surface area contributed by atoms with E-state index in [-0.39, 0.29) is 12.4 Å². The molecule has 27 heavy (non-hydrogen) atoms. The van der Waals surface area contributed by atoms with Gasteiger partial charge in [-0.25, -0.2) is 15.0 Å². The highest BCUT2D eigenvalue weighted by Crippen LogP contribution is 2.31. The first-order valence-corrected chi connectivity index (χ1v) is 9.73. The third kappa shape index (κ3) is 3.99. The zero-order valence-corrected chi connectivity index (χ0v) is 15.4. The van der Waals surface area contributed by atoms with Gasteiger partial charge in [-0.05, 0) is 18.4 Å². The number of carboxylic acid groups (broad SMARTS) is 1. The summed E-state index contributed by atoms with van der Waals surface area (Å²) in [5.41, 5.74) is 6.50. The van der Waals surface area contributed by atoms with E-state index in [2.05, 4.69) is 20.3 Å². The number of carbonyl (C=O) groups is 1. The lowest BCUT2D eigenvalue weighted by Crippen LogP contribution is -2.44. The summed E-state index contributed by atoms with van der Waals surface area (Å²) in [5, 5.41) is 32.9. The van der Waals surface area contributed by atoms with Crippen LogP contribution in [0, 0.1) is 0 Å². The van der Waals surface area contributed by atoms with Gasteiger partial charge in [0.25, 0.3) is 0 Å². The molecule has 1 aliphatic heterocycles. The molecule has 3 rings (SSSR count). The Morgan fingerprint density at radius 2 is 2.19 bits per heavy atom. The zero-order chi connectivity index (χ0) is 19.6. The molecule has 148 valence electrons. The lowest BCUT2D eigenvalue weighted by molar-refractivity contribution is -0.139. The summed E-state index contributed by atoms with van der Waals surface area (Å²) < 4.78 is 7.25. The fourth-order valence-corrected chi connectivity index (χ4v) is 3.46. The van der Waals surface area contributed by atoms with Crippen molar-refractivity contribution in [1.82, 2.24) is 24.8 Å². The number of nitrogens with zero attached hydrogens (tertiary/aromatic N) is 4. The number of aliphatic carboxylic acids is 1. The van der Waals surface area contributed by atoms with Crippen molar-refractivity contribution in [3.05, 3.63) is 12.7 Å². The standard InChI is InChI=1S/C15H22N6O5S/c1-27-3-2-7(15(24)25)17-4-8-10(22)11(23)14(26-8)21-6-20-9-12(16)18-5-19-13(9)21/h5-8,10-11,14,17,22-23H,2-4H2,1H3,(H,24,25)(H2,16,18,19)/t7-,8+,10+,11+,14+/m0/s1. The van der Waals surface area contributed by atoms with E-state index >= 15 is 0 Å². The van der Waals surface area contributed by atoms with Crippen LogP contribution in [0.25, 0.3) is 11.2 Å². The van der Waals surface area contributed by atoms with Gasteiger partial charge in [-0.1, -0.05) is 0 Å². The molecule has 3 heterocycles. The first-order chi connectivity index (χ1) is 12.9. The van der Waals surface area contributed by atoms with Gasteiger partial charge in [0.05, 0.1) is 6.33 Å².